The van der Waals surface area contributed by atoms with Gasteiger partial charge in [-0.05, 0) is 46.9 Å². The zero-order valence-corrected chi connectivity index (χ0v) is 18.8. The number of fused-ring (bicyclic) bond motifs is 1. The molecule has 0 aromatic heterocycles. The second kappa shape index (κ2) is 9.98. The molecule has 6 heteroatoms. The van der Waals surface area contributed by atoms with E-state index in [1.165, 1.54) is 18.1 Å². The van der Waals surface area contributed by atoms with E-state index in [0.717, 1.165) is 23.2 Å². The van der Waals surface area contributed by atoms with Gasteiger partial charge in [-0.15, -0.1) is 0 Å². The number of hydrogen-bond donors (Lipinski definition) is 2. The first-order chi connectivity index (χ1) is 15.5. The molecule has 4 rings (SSSR count). The van der Waals surface area contributed by atoms with E-state index in [2.05, 4.69) is 28.8 Å². The van der Waals surface area contributed by atoms with Gasteiger partial charge in [0.05, 0.1) is 10.6 Å². The average molecular weight is 448 g/mol. The summed E-state index contributed by atoms with van der Waals surface area (Å²) in [5.41, 5.74) is 5.98. The van der Waals surface area contributed by atoms with Crippen LogP contribution in [-0.4, -0.2) is 31.4 Å². The minimum atomic E-state index is -0.0795. The molecule has 0 unspecified atom stereocenters. The van der Waals surface area contributed by atoms with Crippen LogP contribution in [0.1, 0.15) is 28.4 Å². The second-order valence-electron chi connectivity index (χ2n) is 7.85. The molecule has 0 bridgehead atoms. The SMILES string of the molecule is CC(=O)NCCNCc1ccc(C(=O)N2CCc3c(-c4ccccc4)cccc32)c(Cl)c1. The van der Waals surface area contributed by atoms with Gasteiger partial charge in [0.25, 0.3) is 5.91 Å². The van der Waals surface area contributed by atoms with E-state index in [1.54, 1.807) is 6.07 Å². The Morgan fingerprint density at radius 3 is 2.56 bits per heavy atom. The van der Waals surface area contributed by atoms with Crippen molar-refractivity contribution in [1.29, 1.82) is 0 Å². The fourth-order valence-corrected chi connectivity index (χ4v) is 4.36. The van der Waals surface area contributed by atoms with Crippen molar-refractivity contribution in [3.8, 4) is 11.1 Å². The number of rotatable bonds is 7. The number of nitrogens with one attached hydrogen (secondary N) is 2. The molecule has 0 fully saturated rings. The molecule has 2 N–H and O–H groups in total. The smallest absolute Gasteiger partial charge is 0.259 e. The molecule has 164 valence electrons. The van der Waals surface area contributed by atoms with Crippen LogP contribution in [0.25, 0.3) is 11.1 Å². The zero-order valence-electron chi connectivity index (χ0n) is 18.0. The molecule has 1 aliphatic rings. The molecule has 3 aromatic carbocycles. The van der Waals surface area contributed by atoms with E-state index in [0.29, 0.717) is 36.8 Å². The Kier molecular flexibility index (Phi) is 6.88. The lowest BCUT2D eigenvalue weighted by atomic mass is 9.98. The van der Waals surface area contributed by atoms with Crippen molar-refractivity contribution < 1.29 is 9.59 Å². The highest BCUT2D eigenvalue weighted by Gasteiger charge is 2.28. The minimum absolute atomic E-state index is 0.0444. The number of anilines is 1. The van der Waals surface area contributed by atoms with Gasteiger partial charge in [-0.1, -0.05) is 60.1 Å². The molecular weight excluding hydrogens is 422 g/mol. The maximum atomic E-state index is 13.3. The van der Waals surface area contributed by atoms with E-state index >= 15 is 0 Å². The lowest BCUT2D eigenvalue weighted by Gasteiger charge is -2.19. The van der Waals surface area contributed by atoms with Gasteiger partial charge in [0.1, 0.15) is 0 Å². The summed E-state index contributed by atoms with van der Waals surface area (Å²) in [5.74, 6) is -0.124. The Bertz CT molecular complexity index is 1130. The fourth-order valence-electron chi connectivity index (χ4n) is 4.08. The molecular formula is C26H26ClN3O2. The third-order valence-electron chi connectivity index (χ3n) is 5.63. The van der Waals surface area contributed by atoms with Crippen LogP contribution in [-0.2, 0) is 17.8 Å². The van der Waals surface area contributed by atoms with Gasteiger partial charge in [-0.3, -0.25) is 9.59 Å². The summed E-state index contributed by atoms with van der Waals surface area (Å²) in [6, 6.07) is 21.9. The summed E-state index contributed by atoms with van der Waals surface area (Å²) in [6.07, 6.45) is 0.820. The Morgan fingerprint density at radius 1 is 1.00 bits per heavy atom. The van der Waals surface area contributed by atoms with Crippen LogP contribution in [0.3, 0.4) is 0 Å². The highest BCUT2D eigenvalue weighted by atomic mass is 35.5. The van der Waals surface area contributed by atoms with Crippen LogP contribution in [0.2, 0.25) is 5.02 Å². The molecule has 0 saturated carbocycles. The first-order valence-electron chi connectivity index (χ1n) is 10.8. The summed E-state index contributed by atoms with van der Waals surface area (Å²) in [4.78, 5) is 26.1. The van der Waals surface area contributed by atoms with E-state index < -0.39 is 0 Å². The molecule has 3 aromatic rings. The number of nitrogens with zero attached hydrogens (tertiary/aromatic N) is 1. The van der Waals surface area contributed by atoms with Gasteiger partial charge in [0.15, 0.2) is 0 Å². The summed E-state index contributed by atoms with van der Waals surface area (Å²) < 4.78 is 0. The van der Waals surface area contributed by atoms with Gasteiger partial charge in [0.2, 0.25) is 5.91 Å². The molecule has 32 heavy (non-hydrogen) atoms. The molecule has 0 radical (unpaired) electrons. The molecule has 0 atom stereocenters. The predicted molar refractivity (Wildman–Crippen MR) is 129 cm³/mol. The standard InChI is InChI=1S/C26H26ClN3O2/c1-18(31)29-14-13-28-17-19-10-11-23(24(27)16-19)26(32)30-15-12-22-21(8-5-9-25(22)30)20-6-3-2-4-7-20/h2-11,16,28H,12-15,17H2,1H3,(H,29,31). The number of hydrogen-bond acceptors (Lipinski definition) is 3. The van der Waals surface area contributed by atoms with Crippen LogP contribution in [0.15, 0.2) is 66.7 Å². The van der Waals surface area contributed by atoms with Crippen molar-refractivity contribution in [3.05, 3.63) is 88.4 Å². The Labute approximate surface area is 193 Å². The molecule has 0 aliphatic carbocycles. The van der Waals surface area contributed by atoms with Gasteiger partial charge >= 0.3 is 0 Å². The minimum Gasteiger partial charge on any atom is -0.355 e. The van der Waals surface area contributed by atoms with Crippen molar-refractivity contribution in [1.82, 2.24) is 10.6 Å². The highest BCUT2D eigenvalue weighted by Crippen LogP contribution is 2.37. The molecule has 0 spiro atoms. The molecule has 0 saturated heterocycles. The lowest BCUT2D eigenvalue weighted by Crippen LogP contribution is -2.30. The van der Waals surface area contributed by atoms with E-state index in [1.807, 2.05) is 47.4 Å². The van der Waals surface area contributed by atoms with E-state index in [4.69, 9.17) is 11.6 Å². The number of carbonyl (C=O) groups excluding carboxylic acids is 2. The third-order valence-corrected chi connectivity index (χ3v) is 5.94. The first-order valence-corrected chi connectivity index (χ1v) is 11.1. The van der Waals surface area contributed by atoms with E-state index in [9.17, 15) is 9.59 Å². The van der Waals surface area contributed by atoms with Gasteiger partial charge in [-0.2, -0.15) is 0 Å². The number of carbonyl (C=O) groups is 2. The normalized spacial score (nSPS) is 12.5. The molecule has 5 nitrogen and oxygen atoms in total. The van der Waals surface area contributed by atoms with Crippen LogP contribution in [0, 0.1) is 0 Å². The maximum Gasteiger partial charge on any atom is 0.259 e. The third kappa shape index (κ3) is 4.85. The summed E-state index contributed by atoms with van der Waals surface area (Å²) in [6.45, 7) is 3.98. The number of amides is 2. The van der Waals surface area contributed by atoms with Crippen molar-refractivity contribution in [3.63, 3.8) is 0 Å². The molecule has 2 amide bonds. The predicted octanol–water partition coefficient (Wildman–Crippen LogP) is 4.44. The van der Waals surface area contributed by atoms with Crippen molar-refractivity contribution in [2.45, 2.75) is 19.9 Å². The second-order valence-corrected chi connectivity index (χ2v) is 8.26. The van der Waals surface area contributed by atoms with Gasteiger partial charge in [0, 0.05) is 38.8 Å². The van der Waals surface area contributed by atoms with Crippen molar-refractivity contribution in [2.24, 2.45) is 0 Å². The molecule has 1 heterocycles. The summed E-state index contributed by atoms with van der Waals surface area (Å²) >= 11 is 6.51. The monoisotopic (exact) mass is 447 g/mol. The highest BCUT2D eigenvalue weighted by molar-refractivity contribution is 6.34. The first kappa shape index (κ1) is 22.1. The molecule has 1 aliphatic heterocycles. The Balaban J connectivity index is 1.48. The maximum absolute atomic E-state index is 13.3. The topological polar surface area (TPSA) is 61.4 Å². The van der Waals surface area contributed by atoms with Crippen LogP contribution < -0.4 is 15.5 Å². The van der Waals surface area contributed by atoms with Gasteiger partial charge in [-0.25, -0.2) is 0 Å². The number of halogens is 1. The van der Waals surface area contributed by atoms with Crippen molar-refractivity contribution in [2.75, 3.05) is 24.5 Å². The average Bonchev–Trinajstić information content (AvgIpc) is 3.23. The van der Waals surface area contributed by atoms with Crippen LogP contribution in [0.4, 0.5) is 5.69 Å². The largest absolute Gasteiger partial charge is 0.355 e. The fraction of sp³-hybridized carbons (Fsp3) is 0.231. The lowest BCUT2D eigenvalue weighted by molar-refractivity contribution is -0.118. The van der Waals surface area contributed by atoms with E-state index in [-0.39, 0.29) is 11.8 Å². The van der Waals surface area contributed by atoms with Crippen LogP contribution in [0.5, 0.6) is 0 Å². The number of benzene rings is 3. The zero-order chi connectivity index (χ0) is 22.5. The summed E-state index contributed by atoms with van der Waals surface area (Å²) in [7, 11) is 0. The van der Waals surface area contributed by atoms with Crippen LogP contribution >= 0.6 is 11.6 Å². The quantitative estimate of drug-likeness (QED) is 0.526. The Hall–Kier alpha value is -3.15. The van der Waals surface area contributed by atoms with Crippen molar-refractivity contribution >= 4 is 29.1 Å². The van der Waals surface area contributed by atoms with Gasteiger partial charge < -0.3 is 15.5 Å². The summed E-state index contributed by atoms with van der Waals surface area (Å²) in [5, 5.41) is 6.45. The Morgan fingerprint density at radius 2 is 1.81 bits per heavy atom.